The van der Waals surface area contributed by atoms with E-state index in [2.05, 4.69) is 20.8 Å². The summed E-state index contributed by atoms with van der Waals surface area (Å²) in [5.74, 6) is 1.04. The van der Waals surface area contributed by atoms with Crippen molar-refractivity contribution in [3.8, 4) is 0 Å². The third-order valence-corrected chi connectivity index (χ3v) is 3.74. The Balaban J connectivity index is 2.21. The Labute approximate surface area is 103 Å². The lowest BCUT2D eigenvalue weighted by Crippen LogP contribution is -2.36. The van der Waals surface area contributed by atoms with Crippen molar-refractivity contribution in [1.29, 1.82) is 0 Å². The second-order valence-electron chi connectivity index (χ2n) is 6.10. The van der Waals surface area contributed by atoms with Gasteiger partial charge in [-0.25, -0.2) is 0 Å². The van der Waals surface area contributed by atoms with Gasteiger partial charge in [0.05, 0.1) is 0 Å². The molecule has 0 bridgehead atoms. The molecule has 0 spiro atoms. The highest BCUT2D eigenvalue weighted by Crippen LogP contribution is 2.43. The van der Waals surface area contributed by atoms with Crippen LogP contribution < -0.4 is 0 Å². The van der Waals surface area contributed by atoms with Gasteiger partial charge in [0, 0.05) is 24.3 Å². The van der Waals surface area contributed by atoms with Crippen LogP contribution in [0.2, 0.25) is 0 Å². The van der Waals surface area contributed by atoms with Crippen molar-refractivity contribution in [3.05, 3.63) is 11.3 Å². The number of aliphatic hydroxyl groups excluding tert-OH is 1. The molecular formula is C14H22O3. The monoisotopic (exact) mass is 238 g/mol. The van der Waals surface area contributed by atoms with Gasteiger partial charge in [0.15, 0.2) is 12.1 Å². The van der Waals surface area contributed by atoms with Crippen molar-refractivity contribution in [2.75, 3.05) is 0 Å². The zero-order valence-corrected chi connectivity index (χ0v) is 11.0. The first-order valence-electron chi connectivity index (χ1n) is 6.53. The molecule has 2 aliphatic rings. The number of hydrogen-bond donors (Lipinski definition) is 1. The number of allylic oxidation sites excluding steroid dienone is 2. The van der Waals surface area contributed by atoms with Gasteiger partial charge in [-0.3, -0.25) is 4.79 Å². The van der Waals surface area contributed by atoms with Crippen molar-refractivity contribution in [2.24, 2.45) is 11.3 Å². The minimum atomic E-state index is -0.726. The highest BCUT2D eigenvalue weighted by molar-refractivity contribution is 5.97. The Kier molecular flexibility index (Phi) is 3.30. The van der Waals surface area contributed by atoms with E-state index in [0.717, 1.165) is 30.6 Å². The van der Waals surface area contributed by atoms with Crippen LogP contribution in [0, 0.1) is 11.3 Å². The molecule has 1 N–H and O–H groups in total. The van der Waals surface area contributed by atoms with Crippen LogP contribution in [0.1, 0.15) is 52.9 Å². The molecule has 0 fully saturated rings. The zero-order chi connectivity index (χ0) is 12.6. The van der Waals surface area contributed by atoms with E-state index < -0.39 is 6.29 Å². The average Bonchev–Trinajstić information content (AvgIpc) is 2.19. The van der Waals surface area contributed by atoms with E-state index in [1.165, 1.54) is 0 Å². The van der Waals surface area contributed by atoms with Crippen LogP contribution in [-0.2, 0) is 9.53 Å². The average molecular weight is 238 g/mol. The minimum absolute atomic E-state index is 0.0345. The number of Topliss-reactive ketones (excluding diaryl/α,β-unsaturated/α-hetero) is 1. The summed E-state index contributed by atoms with van der Waals surface area (Å²) in [5, 5.41) is 9.93. The lowest BCUT2D eigenvalue weighted by molar-refractivity contribution is -0.136. The Morgan fingerprint density at radius 2 is 2.12 bits per heavy atom. The molecule has 0 saturated carbocycles. The summed E-state index contributed by atoms with van der Waals surface area (Å²) in [6, 6.07) is 0. The van der Waals surface area contributed by atoms with Gasteiger partial charge in [0.25, 0.3) is 0 Å². The molecule has 2 atom stereocenters. The van der Waals surface area contributed by atoms with E-state index in [-0.39, 0.29) is 17.1 Å². The Bertz CT molecular complexity index is 354. The van der Waals surface area contributed by atoms with Gasteiger partial charge in [0.1, 0.15) is 5.76 Å². The molecule has 0 aromatic carbocycles. The third-order valence-electron chi connectivity index (χ3n) is 3.74. The van der Waals surface area contributed by atoms with Gasteiger partial charge in [0.2, 0.25) is 0 Å². The van der Waals surface area contributed by atoms with Crippen LogP contribution in [0.5, 0.6) is 0 Å². The molecule has 0 radical (unpaired) electrons. The van der Waals surface area contributed by atoms with Gasteiger partial charge in [-0.15, -0.1) is 0 Å². The number of aliphatic hydroxyl groups is 1. The van der Waals surface area contributed by atoms with E-state index in [1.54, 1.807) is 0 Å². The molecule has 1 aliphatic carbocycles. The summed E-state index contributed by atoms with van der Waals surface area (Å²) in [6.45, 7) is 6.23. The Morgan fingerprint density at radius 1 is 1.41 bits per heavy atom. The molecule has 1 heterocycles. The van der Waals surface area contributed by atoms with Gasteiger partial charge in [-0.2, -0.15) is 0 Å². The van der Waals surface area contributed by atoms with Crippen LogP contribution in [-0.4, -0.2) is 17.2 Å². The highest BCUT2D eigenvalue weighted by Gasteiger charge is 2.39. The molecule has 0 aromatic heterocycles. The number of carbonyl (C=O) groups is 1. The second kappa shape index (κ2) is 4.45. The number of rotatable bonds is 2. The highest BCUT2D eigenvalue weighted by atomic mass is 16.6. The topological polar surface area (TPSA) is 46.5 Å². The van der Waals surface area contributed by atoms with E-state index in [4.69, 9.17) is 4.74 Å². The molecule has 3 heteroatoms. The quantitative estimate of drug-likeness (QED) is 0.804. The molecule has 96 valence electrons. The van der Waals surface area contributed by atoms with Gasteiger partial charge in [-0.05, 0) is 18.3 Å². The summed E-state index contributed by atoms with van der Waals surface area (Å²) < 4.78 is 5.58. The van der Waals surface area contributed by atoms with Gasteiger partial charge in [-0.1, -0.05) is 27.2 Å². The first kappa shape index (κ1) is 12.6. The number of carbonyl (C=O) groups excluding carboxylic acids is 1. The summed E-state index contributed by atoms with van der Waals surface area (Å²) in [4.78, 5) is 12.1. The van der Waals surface area contributed by atoms with Crippen molar-refractivity contribution < 1.29 is 14.6 Å². The van der Waals surface area contributed by atoms with E-state index >= 15 is 0 Å². The predicted molar refractivity (Wildman–Crippen MR) is 65.2 cm³/mol. The fourth-order valence-corrected chi connectivity index (χ4v) is 2.86. The van der Waals surface area contributed by atoms with Gasteiger partial charge < -0.3 is 9.84 Å². The lowest BCUT2D eigenvalue weighted by Gasteiger charge is -2.38. The lowest BCUT2D eigenvalue weighted by atomic mass is 9.73. The summed E-state index contributed by atoms with van der Waals surface area (Å²) >= 11 is 0. The summed E-state index contributed by atoms with van der Waals surface area (Å²) in [6.07, 6.45) is 3.26. The molecule has 0 amide bonds. The fraction of sp³-hybridized carbons (Fsp3) is 0.786. The smallest absolute Gasteiger partial charge is 0.200 e. The van der Waals surface area contributed by atoms with Crippen molar-refractivity contribution in [1.82, 2.24) is 0 Å². The first-order valence-corrected chi connectivity index (χ1v) is 6.53. The SMILES string of the molecule is CCC[C@@H]1CC2=C(CC(C)(C)CC2=O)OC1O. The summed E-state index contributed by atoms with van der Waals surface area (Å²) in [5.41, 5.74) is 0.806. The second-order valence-corrected chi connectivity index (χ2v) is 6.10. The molecule has 3 nitrogen and oxygen atoms in total. The van der Waals surface area contributed by atoms with E-state index in [9.17, 15) is 9.90 Å². The minimum Gasteiger partial charge on any atom is -0.469 e. The molecule has 2 rings (SSSR count). The molecule has 1 aliphatic heterocycles. The summed E-state index contributed by atoms with van der Waals surface area (Å²) in [7, 11) is 0. The molecule has 1 unspecified atom stereocenters. The fourth-order valence-electron chi connectivity index (χ4n) is 2.86. The van der Waals surface area contributed by atoms with Crippen LogP contribution >= 0.6 is 0 Å². The van der Waals surface area contributed by atoms with Crippen LogP contribution in [0.25, 0.3) is 0 Å². The first-order chi connectivity index (χ1) is 7.93. The predicted octanol–water partition coefficient (Wildman–Crippen LogP) is 2.78. The maximum atomic E-state index is 12.1. The van der Waals surface area contributed by atoms with E-state index in [0.29, 0.717) is 12.8 Å². The van der Waals surface area contributed by atoms with E-state index in [1.807, 2.05) is 0 Å². The van der Waals surface area contributed by atoms with Crippen LogP contribution in [0.15, 0.2) is 11.3 Å². The van der Waals surface area contributed by atoms with Crippen molar-refractivity contribution >= 4 is 5.78 Å². The zero-order valence-electron chi connectivity index (χ0n) is 11.0. The Hall–Kier alpha value is -0.830. The van der Waals surface area contributed by atoms with Crippen molar-refractivity contribution in [3.63, 3.8) is 0 Å². The number of hydrogen-bond acceptors (Lipinski definition) is 3. The maximum Gasteiger partial charge on any atom is 0.200 e. The third kappa shape index (κ3) is 2.54. The molecule has 0 saturated heterocycles. The molecule has 17 heavy (non-hydrogen) atoms. The molecule has 0 aromatic rings. The van der Waals surface area contributed by atoms with Crippen molar-refractivity contribution in [2.45, 2.75) is 59.2 Å². The standard InChI is InChI=1S/C14H22O3/c1-4-5-9-6-10-11(15)7-14(2,3)8-12(10)17-13(9)16/h9,13,16H,4-8H2,1-3H3/t9-,13?/m1/s1. The van der Waals surface area contributed by atoms with Crippen LogP contribution in [0.4, 0.5) is 0 Å². The largest absolute Gasteiger partial charge is 0.469 e. The molecular weight excluding hydrogens is 216 g/mol. The maximum absolute atomic E-state index is 12.1. The number of ketones is 1. The normalized spacial score (nSPS) is 32.1. The number of ether oxygens (including phenoxy) is 1. The van der Waals surface area contributed by atoms with Gasteiger partial charge >= 0.3 is 0 Å². The Morgan fingerprint density at radius 3 is 2.76 bits per heavy atom. The van der Waals surface area contributed by atoms with Crippen LogP contribution in [0.3, 0.4) is 0 Å².